The van der Waals surface area contributed by atoms with Gasteiger partial charge < -0.3 is 15.0 Å². The first-order valence-electron chi connectivity index (χ1n) is 5.06. The van der Waals surface area contributed by atoms with Crippen LogP contribution in [0, 0.1) is 0 Å². The van der Waals surface area contributed by atoms with Gasteiger partial charge in [-0.25, -0.2) is 4.79 Å². The lowest BCUT2D eigenvalue weighted by atomic mass is 10.2. The van der Waals surface area contributed by atoms with Crippen LogP contribution in [0.4, 0.5) is 4.79 Å². The molecular weight excluding hydrogens is 216 g/mol. The van der Waals surface area contributed by atoms with Gasteiger partial charge in [0.25, 0.3) is 0 Å². The highest BCUT2D eigenvalue weighted by atomic mass is 35.5. The van der Waals surface area contributed by atoms with Crippen molar-refractivity contribution in [3.05, 3.63) is 0 Å². The molecule has 0 aromatic carbocycles. The molecule has 90 valence electrons. The summed E-state index contributed by atoms with van der Waals surface area (Å²) in [6.07, 6.45) is 0.779. The van der Waals surface area contributed by atoms with Gasteiger partial charge in [0.2, 0.25) is 0 Å². The monoisotopic (exact) mass is 236 g/mol. The van der Waals surface area contributed by atoms with Crippen LogP contribution in [-0.2, 0) is 4.74 Å². The molecule has 0 spiro atoms. The van der Waals surface area contributed by atoms with E-state index in [1.165, 1.54) is 0 Å². The highest BCUT2D eigenvalue weighted by Crippen LogP contribution is 2.13. The maximum Gasteiger partial charge on any atom is 0.410 e. The Hall–Kier alpha value is -0.480. The third kappa shape index (κ3) is 4.71. The van der Waals surface area contributed by atoms with Crippen molar-refractivity contribution in [2.75, 3.05) is 20.1 Å². The highest BCUT2D eigenvalue weighted by molar-refractivity contribution is 5.85. The zero-order valence-electron chi connectivity index (χ0n) is 9.87. The van der Waals surface area contributed by atoms with E-state index in [1.807, 2.05) is 20.8 Å². The van der Waals surface area contributed by atoms with Gasteiger partial charge in [0.1, 0.15) is 5.60 Å². The maximum absolute atomic E-state index is 11.6. The molecule has 0 aliphatic carbocycles. The van der Waals surface area contributed by atoms with Crippen LogP contribution in [0.1, 0.15) is 27.2 Å². The summed E-state index contributed by atoms with van der Waals surface area (Å²) in [5.74, 6) is 0. The molecule has 0 saturated carbocycles. The van der Waals surface area contributed by atoms with E-state index < -0.39 is 5.60 Å². The van der Waals surface area contributed by atoms with Gasteiger partial charge in [0.15, 0.2) is 0 Å². The number of likely N-dealkylation sites (N-methyl/N-ethyl adjacent to an activating group) is 1. The molecule has 4 nitrogen and oxygen atoms in total. The maximum atomic E-state index is 11.6. The number of halogens is 1. The van der Waals surface area contributed by atoms with E-state index in [4.69, 9.17) is 4.74 Å². The van der Waals surface area contributed by atoms with Crippen molar-refractivity contribution in [1.29, 1.82) is 0 Å². The second kappa shape index (κ2) is 5.56. The van der Waals surface area contributed by atoms with Gasteiger partial charge >= 0.3 is 6.09 Å². The highest BCUT2D eigenvalue weighted by Gasteiger charge is 2.26. The zero-order valence-corrected chi connectivity index (χ0v) is 10.7. The molecule has 5 heteroatoms. The Morgan fingerprint density at radius 3 is 2.47 bits per heavy atom. The van der Waals surface area contributed by atoms with Crippen LogP contribution >= 0.6 is 12.4 Å². The first kappa shape index (κ1) is 14.5. The number of ether oxygens (including phenoxy) is 1. The molecule has 1 fully saturated rings. The Bertz CT molecular complexity index is 210. The molecule has 1 N–H and O–H groups in total. The quantitative estimate of drug-likeness (QED) is 0.753. The van der Waals surface area contributed by atoms with E-state index in [-0.39, 0.29) is 24.5 Å². The molecule has 1 rings (SSSR count). The van der Waals surface area contributed by atoms with Gasteiger partial charge in [-0.1, -0.05) is 0 Å². The molecule has 1 amide bonds. The Morgan fingerprint density at radius 1 is 1.47 bits per heavy atom. The topological polar surface area (TPSA) is 41.6 Å². The van der Waals surface area contributed by atoms with Gasteiger partial charge in [-0.2, -0.15) is 0 Å². The van der Waals surface area contributed by atoms with Gasteiger partial charge in [-0.05, 0) is 33.7 Å². The third-order valence-corrected chi connectivity index (χ3v) is 2.26. The zero-order chi connectivity index (χ0) is 10.8. The molecule has 1 atom stereocenters. The Morgan fingerprint density at radius 2 is 2.07 bits per heavy atom. The molecule has 0 aromatic rings. The third-order valence-electron chi connectivity index (χ3n) is 2.26. The number of hydrogen-bond acceptors (Lipinski definition) is 3. The molecule has 1 aliphatic rings. The summed E-state index contributed by atoms with van der Waals surface area (Å²) in [5.41, 5.74) is -0.405. The first-order chi connectivity index (χ1) is 6.40. The van der Waals surface area contributed by atoms with Crippen LogP contribution in [0.3, 0.4) is 0 Å². The number of rotatable bonds is 1. The Kier molecular flexibility index (Phi) is 5.38. The average molecular weight is 237 g/mol. The number of nitrogens with zero attached hydrogens (tertiary/aromatic N) is 1. The van der Waals surface area contributed by atoms with Crippen LogP contribution in [0.25, 0.3) is 0 Å². The van der Waals surface area contributed by atoms with Crippen LogP contribution in [0.15, 0.2) is 0 Å². The smallest absolute Gasteiger partial charge is 0.410 e. The fraction of sp³-hybridized carbons (Fsp3) is 0.900. The first-order valence-corrected chi connectivity index (χ1v) is 5.06. The molecule has 1 saturated heterocycles. The van der Waals surface area contributed by atoms with Crippen LogP contribution in [-0.4, -0.2) is 42.8 Å². The second-order valence-corrected chi connectivity index (χ2v) is 4.74. The average Bonchev–Trinajstić information content (AvgIpc) is 2.51. The summed E-state index contributed by atoms with van der Waals surface area (Å²) in [7, 11) is 1.80. The minimum absolute atomic E-state index is 0. The Labute approximate surface area is 97.8 Å². The predicted octanol–water partition coefficient (Wildman–Crippen LogP) is 1.64. The summed E-state index contributed by atoms with van der Waals surface area (Å²) in [6.45, 7) is 7.50. The van der Waals surface area contributed by atoms with Crippen molar-refractivity contribution in [3.8, 4) is 0 Å². The van der Waals surface area contributed by atoms with E-state index in [9.17, 15) is 4.79 Å². The number of carbonyl (C=O) groups is 1. The fourth-order valence-corrected chi connectivity index (χ4v) is 1.45. The van der Waals surface area contributed by atoms with Crippen molar-refractivity contribution in [2.24, 2.45) is 0 Å². The summed E-state index contributed by atoms with van der Waals surface area (Å²) in [6, 6.07) is 0.282. The van der Waals surface area contributed by atoms with E-state index >= 15 is 0 Å². The summed E-state index contributed by atoms with van der Waals surface area (Å²) in [5, 5.41) is 3.22. The predicted molar refractivity (Wildman–Crippen MR) is 62.5 cm³/mol. The van der Waals surface area contributed by atoms with Crippen LogP contribution in [0.5, 0.6) is 0 Å². The van der Waals surface area contributed by atoms with E-state index in [0.717, 1.165) is 19.5 Å². The van der Waals surface area contributed by atoms with E-state index in [0.29, 0.717) is 0 Å². The lowest BCUT2D eigenvalue weighted by Crippen LogP contribution is -2.41. The van der Waals surface area contributed by atoms with Gasteiger partial charge in [-0.3, -0.25) is 0 Å². The number of amides is 1. The molecule has 1 heterocycles. The molecule has 0 unspecified atom stereocenters. The minimum Gasteiger partial charge on any atom is -0.444 e. The van der Waals surface area contributed by atoms with E-state index in [2.05, 4.69) is 5.32 Å². The van der Waals surface area contributed by atoms with Crippen molar-refractivity contribution in [3.63, 3.8) is 0 Å². The number of carbonyl (C=O) groups excluding carboxylic acids is 1. The minimum atomic E-state index is -0.405. The second-order valence-electron chi connectivity index (χ2n) is 4.74. The summed E-state index contributed by atoms with van der Waals surface area (Å²) in [4.78, 5) is 13.3. The normalized spacial score (nSPS) is 20.7. The molecule has 0 bridgehead atoms. The van der Waals surface area contributed by atoms with Crippen molar-refractivity contribution < 1.29 is 9.53 Å². The van der Waals surface area contributed by atoms with Gasteiger partial charge in [-0.15, -0.1) is 12.4 Å². The fourth-order valence-electron chi connectivity index (χ4n) is 1.45. The van der Waals surface area contributed by atoms with Crippen molar-refractivity contribution in [1.82, 2.24) is 10.2 Å². The SMILES string of the molecule is CN(C(=O)OC(C)(C)C)[C@@H]1CCNC1.Cl. The Balaban J connectivity index is 0.00000196. The van der Waals surface area contributed by atoms with Gasteiger partial charge in [0.05, 0.1) is 0 Å². The van der Waals surface area contributed by atoms with Crippen LogP contribution in [0.2, 0.25) is 0 Å². The molecular formula is C10H21ClN2O2. The van der Waals surface area contributed by atoms with E-state index in [1.54, 1.807) is 11.9 Å². The molecule has 15 heavy (non-hydrogen) atoms. The molecule has 0 radical (unpaired) electrons. The summed E-state index contributed by atoms with van der Waals surface area (Å²) < 4.78 is 5.27. The van der Waals surface area contributed by atoms with Crippen molar-refractivity contribution >= 4 is 18.5 Å². The lowest BCUT2D eigenvalue weighted by molar-refractivity contribution is 0.0236. The number of nitrogens with one attached hydrogen (secondary N) is 1. The molecule has 1 aliphatic heterocycles. The lowest BCUT2D eigenvalue weighted by Gasteiger charge is -2.28. The van der Waals surface area contributed by atoms with Gasteiger partial charge in [0, 0.05) is 19.6 Å². The summed E-state index contributed by atoms with van der Waals surface area (Å²) >= 11 is 0. The van der Waals surface area contributed by atoms with Crippen molar-refractivity contribution in [2.45, 2.75) is 38.8 Å². The standard InChI is InChI=1S/C10H20N2O2.ClH/c1-10(2,3)14-9(13)12(4)8-5-6-11-7-8;/h8,11H,5-7H2,1-4H3;1H/t8-;/m1./s1. The largest absolute Gasteiger partial charge is 0.444 e. The number of hydrogen-bond donors (Lipinski definition) is 1. The van der Waals surface area contributed by atoms with Crippen LogP contribution < -0.4 is 5.32 Å². The molecule has 0 aromatic heterocycles.